The third-order valence-electron chi connectivity index (χ3n) is 4.92. The highest BCUT2D eigenvalue weighted by molar-refractivity contribution is 6.30. The van der Waals surface area contributed by atoms with Crippen LogP contribution in [0.4, 0.5) is 0 Å². The minimum absolute atomic E-state index is 0.191. The van der Waals surface area contributed by atoms with Crippen molar-refractivity contribution in [1.82, 2.24) is 9.80 Å². The van der Waals surface area contributed by atoms with Gasteiger partial charge >= 0.3 is 0 Å². The number of hydrogen-bond donors (Lipinski definition) is 0. The van der Waals surface area contributed by atoms with Crippen LogP contribution in [0.5, 0.6) is 0 Å². The van der Waals surface area contributed by atoms with Crippen LogP contribution in [0.1, 0.15) is 37.4 Å². The van der Waals surface area contributed by atoms with Gasteiger partial charge in [-0.2, -0.15) is 0 Å². The molecule has 0 saturated carbocycles. The lowest BCUT2D eigenvalue weighted by Crippen LogP contribution is -2.50. The van der Waals surface area contributed by atoms with E-state index in [0.717, 1.165) is 31.2 Å². The molecule has 1 atom stereocenters. The normalized spacial score (nSPS) is 16.7. The van der Waals surface area contributed by atoms with Crippen molar-refractivity contribution >= 4 is 17.5 Å². The topological polar surface area (TPSA) is 23.6 Å². The van der Waals surface area contributed by atoms with Crippen LogP contribution in [0.2, 0.25) is 5.02 Å². The zero-order valence-electron chi connectivity index (χ0n) is 15.6. The minimum Gasteiger partial charge on any atom is -0.340 e. The summed E-state index contributed by atoms with van der Waals surface area (Å²) in [5, 5.41) is 0.754. The van der Waals surface area contributed by atoms with E-state index in [9.17, 15) is 4.79 Å². The fourth-order valence-electron chi connectivity index (χ4n) is 3.60. The van der Waals surface area contributed by atoms with Crippen LogP contribution >= 0.6 is 11.6 Å². The molecule has 0 radical (unpaired) electrons. The fraction of sp³-hybridized carbons (Fsp3) is 0.409. The average molecular weight is 371 g/mol. The Labute approximate surface area is 161 Å². The predicted molar refractivity (Wildman–Crippen MR) is 107 cm³/mol. The maximum atomic E-state index is 12.4. The zero-order chi connectivity index (χ0) is 18.5. The second-order valence-electron chi connectivity index (χ2n) is 7.38. The molecule has 1 fully saturated rings. The molecule has 0 spiro atoms. The Morgan fingerprint density at radius 1 is 0.923 bits per heavy atom. The molecular weight excluding hydrogens is 344 g/mol. The van der Waals surface area contributed by atoms with Crippen LogP contribution in [-0.2, 0) is 4.79 Å². The van der Waals surface area contributed by atoms with E-state index >= 15 is 0 Å². The van der Waals surface area contributed by atoms with Gasteiger partial charge in [-0.25, -0.2) is 0 Å². The van der Waals surface area contributed by atoms with Crippen molar-refractivity contribution in [3.05, 3.63) is 70.7 Å². The SMILES string of the molecule is CC(C)CC(=O)N1CCN(C(c2ccccc2)c2ccc(Cl)cc2)CC1. The van der Waals surface area contributed by atoms with Crippen molar-refractivity contribution in [2.45, 2.75) is 26.3 Å². The minimum atomic E-state index is 0.191. The number of amides is 1. The van der Waals surface area contributed by atoms with Crippen LogP contribution in [-0.4, -0.2) is 41.9 Å². The quantitative estimate of drug-likeness (QED) is 0.766. The molecular formula is C22H27ClN2O. The van der Waals surface area contributed by atoms with E-state index < -0.39 is 0 Å². The Hall–Kier alpha value is -1.84. The van der Waals surface area contributed by atoms with E-state index in [1.165, 1.54) is 11.1 Å². The molecule has 1 aliphatic rings. The van der Waals surface area contributed by atoms with Crippen molar-refractivity contribution in [2.75, 3.05) is 26.2 Å². The Morgan fingerprint density at radius 2 is 1.50 bits per heavy atom. The van der Waals surface area contributed by atoms with Gasteiger partial charge in [-0.05, 0) is 29.2 Å². The number of piperazine rings is 1. The molecule has 1 aliphatic heterocycles. The van der Waals surface area contributed by atoms with E-state index in [2.05, 4.69) is 55.1 Å². The fourth-order valence-corrected chi connectivity index (χ4v) is 3.73. The molecule has 0 aliphatic carbocycles. The first-order chi connectivity index (χ1) is 12.5. The van der Waals surface area contributed by atoms with Crippen molar-refractivity contribution in [3.63, 3.8) is 0 Å². The third kappa shape index (κ3) is 4.66. The summed E-state index contributed by atoms with van der Waals surface area (Å²) in [5.41, 5.74) is 2.51. The standard InChI is InChI=1S/C22H27ClN2O/c1-17(2)16-21(26)24-12-14-25(15-13-24)22(18-6-4-3-5-7-18)19-8-10-20(23)11-9-19/h3-11,17,22H,12-16H2,1-2H3. The van der Waals surface area contributed by atoms with Gasteiger partial charge in [0, 0.05) is 37.6 Å². The third-order valence-corrected chi connectivity index (χ3v) is 5.17. The molecule has 4 heteroatoms. The molecule has 3 nitrogen and oxygen atoms in total. The lowest BCUT2D eigenvalue weighted by Gasteiger charge is -2.40. The van der Waals surface area contributed by atoms with Crippen LogP contribution in [0.25, 0.3) is 0 Å². The summed E-state index contributed by atoms with van der Waals surface area (Å²) in [4.78, 5) is 16.8. The molecule has 0 N–H and O–H groups in total. The second kappa shape index (κ2) is 8.70. The highest BCUT2D eigenvalue weighted by atomic mass is 35.5. The van der Waals surface area contributed by atoms with Gasteiger partial charge in [0.05, 0.1) is 6.04 Å². The summed E-state index contributed by atoms with van der Waals surface area (Å²) in [5.74, 6) is 0.689. The maximum Gasteiger partial charge on any atom is 0.222 e. The monoisotopic (exact) mass is 370 g/mol. The molecule has 0 bridgehead atoms. The molecule has 2 aromatic rings. The molecule has 1 saturated heterocycles. The van der Waals surface area contributed by atoms with Gasteiger partial charge in [0.25, 0.3) is 0 Å². The number of rotatable bonds is 5. The highest BCUT2D eigenvalue weighted by Crippen LogP contribution is 2.30. The lowest BCUT2D eigenvalue weighted by atomic mass is 9.96. The van der Waals surface area contributed by atoms with Crippen molar-refractivity contribution in [3.8, 4) is 0 Å². The van der Waals surface area contributed by atoms with Gasteiger partial charge in [-0.15, -0.1) is 0 Å². The molecule has 138 valence electrons. The number of benzene rings is 2. The van der Waals surface area contributed by atoms with Crippen LogP contribution in [0.15, 0.2) is 54.6 Å². The summed E-state index contributed by atoms with van der Waals surface area (Å²) in [7, 11) is 0. The van der Waals surface area contributed by atoms with E-state index in [4.69, 9.17) is 11.6 Å². The van der Waals surface area contributed by atoms with Gasteiger partial charge < -0.3 is 4.90 Å². The lowest BCUT2D eigenvalue weighted by molar-refractivity contribution is -0.133. The van der Waals surface area contributed by atoms with E-state index in [1.54, 1.807) is 0 Å². The summed E-state index contributed by atoms with van der Waals surface area (Å²) < 4.78 is 0. The number of nitrogens with zero attached hydrogens (tertiary/aromatic N) is 2. The van der Waals surface area contributed by atoms with E-state index in [0.29, 0.717) is 12.3 Å². The van der Waals surface area contributed by atoms with Crippen LogP contribution in [0.3, 0.4) is 0 Å². The predicted octanol–water partition coefficient (Wildman–Crippen LogP) is 4.62. The first-order valence-electron chi connectivity index (χ1n) is 9.37. The van der Waals surface area contributed by atoms with Gasteiger partial charge in [-0.3, -0.25) is 9.69 Å². The summed E-state index contributed by atoms with van der Waals surface area (Å²) in [6.45, 7) is 7.54. The summed E-state index contributed by atoms with van der Waals surface area (Å²) in [6.07, 6.45) is 0.638. The number of carbonyl (C=O) groups is 1. The number of halogens is 1. The molecule has 26 heavy (non-hydrogen) atoms. The van der Waals surface area contributed by atoms with Crippen LogP contribution < -0.4 is 0 Å². The highest BCUT2D eigenvalue weighted by Gasteiger charge is 2.28. The second-order valence-corrected chi connectivity index (χ2v) is 7.82. The van der Waals surface area contributed by atoms with Crippen molar-refractivity contribution in [1.29, 1.82) is 0 Å². The van der Waals surface area contributed by atoms with Crippen molar-refractivity contribution in [2.24, 2.45) is 5.92 Å². The number of hydrogen-bond acceptors (Lipinski definition) is 2. The zero-order valence-corrected chi connectivity index (χ0v) is 16.3. The molecule has 2 aromatic carbocycles. The maximum absolute atomic E-state index is 12.4. The smallest absolute Gasteiger partial charge is 0.222 e. The summed E-state index contributed by atoms with van der Waals surface area (Å²) >= 11 is 6.09. The Morgan fingerprint density at radius 3 is 2.08 bits per heavy atom. The number of carbonyl (C=O) groups excluding carboxylic acids is 1. The Bertz CT molecular complexity index is 707. The summed E-state index contributed by atoms with van der Waals surface area (Å²) in [6, 6.07) is 18.9. The van der Waals surface area contributed by atoms with Crippen LogP contribution in [0, 0.1) is 5.92 Å². The van der Waals surface area contributed by atoms with Crippen molar-refractivity contribution < 1.29 is 4.79 Å². The van der Waals surface area contributed by atoms with Gasteiger partial charge in [0.15, 0.2) is 0 Å². The molecule has 3 rings (SSSR count). The Kier molecular flexibility index (Phi) is 6.33. The molecule has 1 amide bonds. The molecule has 1 unspecified atom stereocenters. The van der Waals surface area contributed by atoms with E-state index in [-0.39, 0.29) is 11.9 Å². The largest absolute Gasteiger partial charge is 0.340 e. The van der Waals surface area contributed by atoms with Gasteiger partial charge in [-0.1, -0.05) is 67.9 Å². The Balaban J connectivity index is 1.77. The molecule has 0 aromatic heterocycles. The van der Waals surface area contributed by atoms with E-state index in [1.807, 2.05) is 23.1 Å². The van der Waals surface area contributed by atoms with Gasteiger partial charge in [0.2, 0.25) is 5.91 Å². The first-order valence-corrected chi connectivity index (χ1v) is 9.74. The first kappa shape index (κ1) is 18.9. The average Bonchev–Trinajstić information content (AvgIpc) is 2.64. The molecule has 1 heterocycles. The van der Waals surface area contributed by atoms with Gasteiger partial charge in [0.1, 0.15) is 0 Å².